The van der Waals surface area contributed by atoms with Crippen molar-refractivity contribution in [3.8, 4) is 0 Å². The Kier molecular flexibility index (Phi) is 17.0. The van der Waals surface area contributed by atoms with Crippen LogP contribution in [0.25, 0.3) is 0 Å². The molecule has 0 saturated carbocycles. The molecular formula is C10H23ClN2O. The van der Waals surface area contributed by atoms with E-state index in [9.17, 15) is 4.79 Å². The van der Waals surface area contributed by atoms with Gasteiger partial charge in [0.2, 0.25) is 5.91 Å². The molecule has 14 heavy (non-hydrogen) atoms. The molecule has 0 aliphatic heterocycles. The Labute approximate surface area is 94.2 Å². The number of nitrogens with zero attached hydrogens (tertiary/aromatic N) is 1. The summed E-state index contributed by atoms with van der Waals surface area (Å²) in [4.78, 5) is 13.8. The largest absolute Gasteiger partial charge is 1.00 e. The summed E-state index contributed by atoms with van der Waals surface area (Å²) in [6, 6.07) is 0. The lowest BCUT2D eigenvalue weighted by Crippen LogP contribution is -3.02. The van der Waals surface area contributed by atoms with Crippen LogP contribution in [0.15, 0.2) is 12.7 Å². The van der Waals surface area contributed by atoms with Crippen LogP contribution in [0, 0.1) is 0 Å². The smallest absolute Gasteiger partial charge is 0.245 e. The summed E-state index contributed by atoms with van der Waals surface area (Å²) >= 11 is 0. The van der Waals surface area contributed by atoms with Crippen LogP contribution in [0.5, 0.6) is 0 Å². The molecule has 0 unspecified atom stereocenters. The van der Waals surface area contributed by atoms with Gasteiger partial charge in [-0.05, 0) is 12.5 Å². The number of likely N-dealkylation sites (N-methyl/N-ethyl adjacent to an activating group) is 1. The molecule has 0 bridgehead atoms. The first-order valence-corrected chi connectivity index (χ1v) is 4.60. The van der Waals surface area contributed by atoms with Gasteiger partial charge in [-0.2, -0.15) is 0 Å². The van der Waals surface area contributed by atoms with Crippen molar-refractivity contribution >= 4 is 5.91 Å². The van der Waals surface area contributed by atoms with Crippen LogP contribution in [-0.2, 0) is 4.79 Å². The molecule has 3 nitrogen and oxygen atoms in total. The molecule has 0 heterocycles. The molecule has 0 radical (unpaired) electrons. The first-order chi connectivity index (χ1) is 5.95. The molecule has 1 N–H and O–H groups in total. The Balaban J connectivity index is -0.000000209. The molecule has 0 aromatic carbocycles. The Morgan fingerprint density at radius 2 is 1.79 bits per heavy atom. The van der Waals surface area contributed by atoms with Crippen molar-refractivity contribution in [3.63, 3.8) is 0 Å². The quantitative estimate of drug-likeness (QED) is 0.501. The fourth-order valence-electron chi connectivity index (χ4n) is 0.601. The standard InChI is InChI=1S/C7H13NO.C3H9N.ClH/c1-4-6-8(3)7(9)5-2;1-4(2)3;/h5H,2,4,6H2,1,3H3;1-3H3;1H. The van der Waals surface area contributed by atoms with E-state index in [0.29, 0.717) is 0 Å². The van der Waals surface area contributed by atoms with E-state index in [0.717, 1.165) is 13.0 Å². The molecule has 0 fully saturated rings. The predicted molar refractivity (Wildman–Crippen MR) is 56.9 cm³/mol. The van der Waals surface area contributed by atoms with Gasteiger partial charge in [-0.25, -0.2) is 0 Å². The normalized spacial score (nSPS) is 8.14. The maximum Gasteiger partial charge on any atom is 0.245 e. The minimum absolute atomic E-state index is 0. The van der Waals surface area contributed by atoms with E-state index in [-0.39, 0.29) is 18.3 Å². The molecule has 0 rings (SSSR count). The molecule has 0 aliphatic rings. The predicted octanol–water partition coefficient (Wildman–Crippen LogP) is -3.19. The van der Waals surface area contributed by atoms with Crippen LogP contribution >= 0.6 is 0 Å². The molecule has 0 saturated heterocycles. The second-order valence-electron chi connectivity index (χ2n) is 3.46. The van der Waals surface area contributed by atoms with Gasteiger partial charge in [0, 0.05) is 13.6 Å². The van der Waals surface area contributed by atoms with Crippen LogP contribution in [0.1, 0.15) is 13.3 Å². The topological polar surface area (TPSA) is 24.8 Å². The summed E-state index contributed by atoms with van der Waals surface area (Å²) in [7, 11) is 8.02. The fourth-order valence-corrected chi connectivity index (χ4v) is 0.601. The van der Waals surface area contributed by atoms with Crippen LogP contribution in [0.2, 0.25) is 0 Å². The lowest BCUT2D eigenvalue weighted by Gasteiger charge is -2.12. The number of hydrogen-bond donors (Lipinski definition) is 1. The molecular weight excluding hydrogens is 200 g/mol. The van der Waals surface area contributed by atoms with Gasteiger partial charge in [-0.1, -0.05) is 13.5 Å². The lowest BCUT2D eigenvalue weighted by atomic mass is 10.4. The van der Waals surface area contributed by atoms with Gasteiger partial charge in [0.25, 0.3) is 0 Å². The average Bonchev–Trinajstić information content (AvgIpc) is 2.02. The fraction of sp³-hybridized carbons (Fsp3) is 0.700. The first-order valence-electron chi connectivity index (χ1n) is 4.60. The van der Waals surface area contributed by atoms with Crippen LogP contribution in [0.4, 0.5) is 0 Å². The van der Waals surface area contributed by atoms with Gasteiger partial charge in [-0.15, -0.1) is 0 Å². The zero-order valence-corrected chi connectivity index (χ0v) is 10.7. The lowest BCUT2D eigenvalue weighted by molar-refractivity contribution is -0.836. The third-order valence-electron chi connectivity index (χ3n) is 1.11. The first kappa shape index (κ1) is 19.1. The average molecular weight is 223 g/mol. The van der Waals surface area contributed by atoms with Gasteiger partial charge < -0.3 is 22.2 Å². The minimum Gasteiger partial charge on any atom is -1.00 e. The van der Waals surface area contributed by atoms with Gasteiger partial charge >= 0.3 is 0 Å². The summed E-state index contributed by atoms with van der Waals surface area (Å²) in [6.07, 6.45) is 2.33. The van der Waals surface area contributed by atoms with Crippen LogP contribution in [0.3, 0.4) is 0 Å². The minimum atomic E-state index is -0.00292. The number of nitrogens with one attached hydrogen (secondary N) is 1. The Bertz CT molecular complexity index is 146. The van der Waals surface area contributed by atoms with Crippen molar-refractivity contribution in [1.82, 2.24) is 4.90 Å². The van der Waals surface area contributed by atoms with E-state index in [1.54, 1.807) is 11.9 Å². The number of amides is 1. The number of carbonyl (C=O) groups excluding carboxylic acids is 1. The maximum atomic E-state index is 10.7. The highest BCUT2D eigenvalue weighted by Gasteiger charge is 1.99. The monoisotopic (exact) mass is 222 g/mol. The number of quaternary nitrogens is 1. The molecule has 1 amide bonds. The number of halogens is 1. The second kappa shape index (κ2) is 12.5. The van der Waals surface area contributed by atoms with Crippen molar-refractivity contribution in [2.45, 2.75) is 13.3 Å². The van der Waals surface area contributed by atoms with Crippen LogP contribution < -0.4 is 17.3 Å². The van der Waals surface area contributed by atoms with Crippen molar-refractivity contribution in [2.75, 3.05) is 34.7 Å². The van der Waals surface area contributed by atoms with Crippen molar-refractivity contribution in [3.05, 3.63) is 12.7 Å². The summed E-state index contributed by atoms with van der Waals surface area (Å²) in [5.41, 5.74) is 0. The van der Waals surface area contributed by atoms with Crippen LogP contribution in [-0.4, -0.2) is 45.5 Å². The summed E-state index contributed by atoms with van der Waals surface area (Å²) < 4.78 is 0. The Morgan fingerprint density at radius 1 is 1.43 bits per heavy atom. The van der Waals surface area contributed by atoms with Gasteiger partial charge in [-0.3, -0.25) is 4.79 Å². The highest BCUT2D eigenvalue weighted by Crippen LogP contribution is 1.86. The second-order valence-corrected chi connectivity index (χ2v) is 3.46. The highest BCUT2D eigenvalue weighted by atomic mass is 35.5. The summed E-state index contributed by atoms with van der Waals surface area (Å²) in [5, 5.41) is 0. The molecule has 86 valence electrons. The maximum absolute atomic E-state index is 10.7. The zero-order valence-electron chi connectivity index (χ0n) is 9.93. The van der Waals surface area contributed by atoms with E-state index in [1.165, 1.54) is 11.0 Å². The third kappa shape index (κ3) is 17.5. The Hall–Kier alpha value is -0.540. The molecule has 0 aromatic rings. The molecule has 0 atom stereocenters. The molecule has 0 aromatic heterocycles. The summed E-state index contributed by atoms with van der Waals surface area (Å²) in [6.45, 7) is 6.22. The van der Waals surface area contributed by atoms with E-state index in [2.05, 4.69) is 27.7 Å². The van der Waals surface area contributed by atoms with Gasteiger partial charge in [0.1, 0.15) is 0 Å². The zero-order chi connectivity index (χ0) is 10.9. The number of rotatable bonds is 3. The molecule has 0 spiro atoms. The van der Waals surface area contributed by atoms with Crippen molar-refractivity contribution < 1.29 is 22.1 Å². The van der Waals surface area contributed by atoms with E-state index >= 15 is 0 Å². The van der Waals surface area contributed by atoms with E-state index in [4.69, 9.17) is 0 Å². The van der Waals surface area contributed by atoms with E-state index in [1.807, 2.05) is 6.92 Å². The van der Waals surface area contributed by atoms with Crippen molar-refractivity contribution in [2.24, 2.45) is 0 Å². The molecule has 4 heteroatoms. The highest BCUT2D eigenvalue weighted by molar-refractivity contribution is 5.86. The summed E-state index contributed by atoms with van der Waals surface area (Å²) in [5.74, 6) is -0.00292. The third-order valence-corrected chi connectivity index (χ3v) is 1.11. The molecule has 0 aliphatic carbocycles. The SMILES string of the molecule is C=CC(=O)N(C)CCC.C[NH+](C)C.[Cl-]. The van der Waals surface area contributed by atoms with Gasteiger partial charge in [0.15, 0.2) is 0 Å². The van der Waals surface area contributed by atoms with Crippen molar-refractivity contribution in [1.29, 1.82) is 0 Å². The Morgan fingerprint density at radius 3 is 2.00 bits per heavy atom. The van der Waals surface area contributed by atoms with Gasteiger partial charge in [0.05, 0.1) is 21.1 Å². The number of carbonyl (C=O) groups is 1. The number of hydrogen-bond acceptors (Lipinski definition) is 1. The van der Waals surface area contributed by atoms with E-state index < -0.39 is 0 Å².